The minimum Gasteiger partial charge on any atom is -0.481 e. The zero-order valence-corrected chi connectivity index (χ0v) is 12.6. The fraction of sp³-hybridized carbons (Fsp3) is 0.588. The Morgan fingerprint density at radius 1 is 1.33 bits per heavy atom. The van der Waals surface area contributed by atoms with Gasteiger partial charge in [-0.15, -0.1) is 0 Å². The van der Waals surface area contributed by atoms with Gasteiger partial charge >= 0.3 is 5.97 Å². The summed E-state index contributed by atoms with van der Waals surface area (Å²) in [4.78, 5) is 10.8. The maximum Gasteiger partial charge on any atom is 0.303 e. The van der Waals surface area contributed by atoms with Crippen LogP contribution in [0.15, 0.2) is 18.2 Å². The van der Waals surface area contributed by atoms with Gasteiger partial charge in [-0.3, -0.25) is 4.79 Å². The van der Waals surface area contributed by atoms with Gasteiger partial charge in [0.25, 0.3) is 0 Å². The normalized spacial score (nSPS) is 16.5. The molecule has 1 aromatic rings. The molecule has 1 aliphatic rings. The second-order valence-corrected chi connectivity index (χ2v) is 5.82. The van der Waals surface area contributed by atoms with Crippen molar-refractivity contribution in [3.63, 3.8) is 0 Å². The second-order valence-electron chi connectivity index (χ2n) is 5.82. The van der Waals surface area contributed by atoms with Crippen molar-refractivity contribution in [2.45, 2.75) is 57.6 Å². The van der Waals surface area contributed by atoms with E-state index in [4.69, 9.17) is 5.11 Å². The first kappa shape index (κ1) is 16.0. The molecule has 2 unspecified atom stereocenters. The molecule has 0 heterocycles. The molecule has 4 nitrogen and oxygen atoms in total. The van der Waals surface area contributed by atoms with E-state index < -0.39 is 12.1 Å². The molecule has 2 atom stereocenters. The van der Waals surface area contributed by atoms with Crippen LogP contribution in [0, 0.1) is 0 Å². The zero-order chi connectivity index (χ0) is 15.2. The Morgan fingerprint density at radius 3 is 2.81 bits per heavy atom. The highest BCUT2D eigenvalue weighted by atomic mass is 16.4. The van der Waals surface area contributed by atoms with Crippen molar-refractivity contribution in [1.29, 1.82) is 0 Å². The zero-order valence-electron chi connectivity index (χ0n) is 12.6. The Kier molecular flexibility index (Phi) is 5.76. The number of hydrogen-bond acceptors (Lipinski definition) is 3. The Balaban J connectivity index is 2.08. The summed E-state index contributed by atoms with van der Waals surface area (Å²) >= 11 is 0. The predicted molar refractivity (Wildman–Crippen MR) is 82.4 cm³/mol. The van der Waals surface area contributed by atoms with Crippen LogP contribution in [0.3, 0.4) is 0 Å². The lowest BCUT2D eigenvalue weighted by Gasteiger charge is -2.24. The van der Waals surface area contributed by atoms with Crippen molar-refractivity contribution in [3.8, 4) is 0 Å². The van der Waals surface area contributed by atoms with Crippen LogP contribution in [-0.4, -0.2) is 28.8 Å². The van der Waals surface area contributed by atoms with Crippen molar-refractivity contribution < 1.29 is 15.0 Å². The fourth-order valence-electron chi connectivity index (χ4n) is 2.99. The summed E-state index contributed by atoms with van der Waals surface area (Å²) in [5, 5.41) is 22.7. The van der Waals surface area contributed by atoms with Crippen LogP contribution < -0.4 is 5.32 Å². The number of carboxylic acids is 1. The average molecular weight is 291 g/mol. The molecular formula is C17H25NO3. The molecule has 0 saturated carbocycles. The second kappa shape index (κ2) is 7.57. The highest BCUT2D eigenvalue weighted by molar-refractivity contribution is 5.66. The predicted octanol–water partition coefficient (Wildman–Crippen LogP) is 2.44. The maximum absolute atomic E-state index is 10.8. The van der Waals surface area contributed by atoms with Gasteiger partial charge in [0.1, 0.15) is 0 Å². The standard InChI is InChI=1S/C17H25NO3/c1-2-10-18-15(8-9-16(19)20)17(21)14-7-6-12-4-3-5-13(12)11-14/h6-7,11,15,17-18,21H,2-5,8-10H2,1H3,(H,19,20). The Bertz CT molecular complexity index is 487. The number of aliphatic carboxylic acids is 1. The molecule has 0 bridgehead atoms. The van der Waals surface area contributed by atoms with Crippen molar-refractivity contribution in [2.75, 3.05) is 6.54 Å². The van der Waals surface area contributed by atoms with Crippen LogP contribution >= 0.6 is 0 Å². The third kappa shape index (κ3) is 4.29. The first-order chi connectivity index (χ1) is 10.1. The van der Waals surface area contributed by atoms with Gasteiger partial charge < -0.3 is 15.5 Å². The van der Waals surface area contributed by atoms with E-state index in [2.05, 4.69) is 24.4 Å². The number of carbonyl (C=O) groups is 1. The molecular weight excluding hydrogens is 266 g/mol. The first-order valence-corrected chi connectivity index (χ1v) is 7.86. The Hall–Kier alpha value is -1.39. The number of fused-ring (bicyclic) bond motifs is 1. The number of carboxylic acid groups (broad SMARTS) is 1. The Labute approximate surface area is 126 Å². The molecule has 0 aliphatic heterocycles. The summed E-state index contributed by atoms with van der Waals surface area (Å²) in [5.41, 5.74) is 3.61. The lowest BCUT2D eigenvalue weighted by atomic mass is 9.95. The van der Waals surface area contributed by atoms with E-state index in [-0.39, 0.29) is 12.5 Å². The minimum absolute atomic E-state index is 0.0728. The summed E-state index contributed by atoms with van der Waals surface area (Å²) in [7, 11) is 0. The van der Waals surface area contributed by atoms with Crippen molar-refractivity contribution in [1.82, 2.24) is 5.32 Å². The molecule has 21 heavy (non-hydrogen) atoms. The van der Waals surface area contributed by atoms with Crippen LogP contribution in [-0.2, 0) is 17.6 Å². The topological polar surface area (TPSA) is 69.6 Å². The van der Waals surface area contributed by atoms with E-state index in [0.29, 0.717) is 6.42 Å². The summed E-state index contributed by atoms with van der Waals surface area (Å²) < 4.78 is 0. The van der Waals surface area contributed by atoms with E-state index >= 15 is 0 Å². The van der Waals surface area contributed by atoms with E-state index in [0.717, 1.165) is 31.4 Å². The van der Waals surface area contributed by atoms with Gasteiger partial charge in [0.05, 0.1) is 6.10 Å². The molecule has 3 N–H and O–H groups in total. The summed E-state index contributed by atoms with van der Waals surface area (Å²) in [6, 6.07) is 5.97. The van der Waals surface area contributed by atoms with E-state index in [9.17, 15) is 9.90 Å². The number of aryl methyl sites for hydroxylation is 2. The molecule has 0 radical (unpaired) electrons. The van der Waals surface area contributed by atoms with Gasteiger partial charge in [-0.1, -0.05) is 25.1 Å². The highest BCUT2D eigenvalue weighted by Crippen LogP contribution is 2.27. The summed E-state index contributed by atoms with van der Waals surface area (Å²) in [6.07, 6.45) is 4.21. The SMILES string of the molecule is CCCNC(CCC(=O)O)C(O)c1ccc2c(c1)CCC2. The molecule has 1 aromatic carbocycles. The lowest BCUT2D eigenvalue weighted by Crippen LogP contribution is -2.36. The summed E-state index contributed by atoms with van der Waals surface area (Å²) in [6.45, 7) is 2.84. The number of nitrogens with one attached hydrogen (secondary N) is 1. The highest BCUT2D eigenvalue weighted by Gasteiger charge is 2.22. The largest absolute Gasteiger partial charge is 0.481 e. The number of hydrogen-bond donors (Lipinski definition) is 3. The first-order valence-electron chi connectivity index (χ1n) is 7.86. The molecule has 2 rings (SSSR count). The molecule has 0 amide bonds. The van der Waals surface area contributed by atoms with Crippen LogP contribution in [0.1, 0.15) is 55.4 Å². The van der Waals surface area contributed by atoms with Gasteiger partial charge in [-0.25, -0.2) is 0 Å². The molecule has 0 aromatic heterocycles. The van der Waals surface area contributed by atoms with Crippen LogP contribution in [0.2, 0.25) is 0 Å². The van der Waals surface area contributed by atoms with E-state index in [1.54, 1.807) is 0 Å². The number of rotatable bonds is 8. The van der Waals surface area contributed by atoms with Gasteiger partial charge in [0, 0.05) is 12.5 Å². The number of aliphatic hydroxyl groups excluding tert-OH is 1. The third-order valence-electron chi connectivity index (χ3n) is 4.17. The number of aliphatic hydroxyl groups is 1. The quantitative estimate of drug-likeness (QED) is 0.688. The lowest BCUT2D eigenvalue weighted by molar-refractivity contribution is -0.137. The number of benzene rings is 1. The van der Waals surface area contributed by atoms with E-state index in [1.807, 2.05) is 6.07 Å². The monoisotopic (exact) mass is 291 g/mol. The van der Waals surface area contributed by atoms with Gasteiger partial charge in [0.15, 0.2) is 0 Å². The third-order valence-corrected chi connectivity index (χ3v) is 4.17. The van der Waals surface area contributed by atoms with Gasteiger partial charge in [-0.05, 0) is 55.3 Å². The van der Waals surface area contributed by atoms with Crippen LogP contribution in [0.25, 0.3) is 0 Å². The molecule has 0 fully saturated rings. The van der Waals surface area contributed by atoms with Gasteiger partial charge in [-0.2, -0.15) is 0 Å². The van der Waals surface area contributed by atoms with Crippen molar-refractivity contribution >= 4 is 5.97 Å². The van der Waals surface area contributed by atoms with Gasteiger partial charge in [0.2, 0.25) is 0 Å². The van der Waals surface area contributed by atoms with Crippen LogP contribution in [0.5, 0.6) is 0 Å². The van der Waals surface area contributed by atoms with Crippen molar-refractivity contribution in [2.24, 2.45) is 0 Å². The van der Waals surface area contributed by atoms with Crippen LogP contribution in [0.4, 0.5) is 0 Å². The molecule has 4 heteroatoms. The molecule has 0 spiro atoms. The van der Waals surface area contributed by atoms with E-state index in [1.165, 1.54) is 17.5 Å². The maximum atomic E-state index is 10.8. The van der Waals surface area contributed by atoms with Crippen molar-refractivity contribution in [3.05, 3.63) is 34.9 Å². The Morgan fingerprint density at radius 2 is 2.10 bits per heavy atom. The minimum atomic E-state index is -0.820. The molecule has 116 valence electrons. The summed E-state index contributed by atoms with van der Waals surface area (Å²) in [5.74, 6) is -0.820. The smallest absolute Gasteiger partial charge is 0.303 e. The molecule has 0 saturated heterocycles. The molecule has 1 aliphatic carbocycles. The average Bonchev–Trinajstić information content (AvgIpc) is 2.93. The fourth-order valence-corrected chi connectivity index (χ4v) is 2.99.